The third-order valence-electron chi connectivity index (χ3n) is 1.82. The lowest BCUT2D eigenvalue weighted by molar-refractivity contribution is -0.162. The number of rotatable bonds is 3. The summed E-state index contributed by atoms with van der Waals surface area (Å²) in [5.74, 6) is -1.43. The van der Waals surface area contributed by atoms with E-state index in [1.54, 1.807) is 13.0 Å². The molecule has 0 saturated carbocycles. The number of ether oxygens (including phenoxy) is 1. The zero-order chi connectivity index (χ0) is 12.1. The molecule has 0 unspecified atom stereocenters. The number of hydrogen-bond acceptors (Lipinski definition) is 3. The van der Waals surface area contributed by atoms with E-state index in [-0.39, 0.29) is 6.61 Å². The summed E-state index contributed by atoms with van der Waals surface area (Å²) in [7, 11) is 0. The summed E-state index contributed by atoms with van der Waals surface area (Å²) < 4.78 is 4.66. The van der Waals surface area contributed by atoms with Crippen molar-refractivity contribution >= 4 is 11.9 Å². The van der Waals surface area contributed by atoms with Gasteiger partial charge in [0.25, 0.3) is 0 Å². The molecule has 0 atom stereocenters. The van der Waals surface area contributed by atoms with Crippen molar-refractivity contribution in [3.05, 3.63) is 12.7 Å². The van der Waals surface area contributed by atoms with Gasteiger partial charge >= 0.3 is 11.9 Å². The van der Waals surface area contributed by atoms with Crippen molar-refractivity contribution in [1.82, 2.24) is 4.90 Å². The van der Waals surface area contributed by atoms with Crippen LogP contribution in [-0.2, 0) is 14.3 Å². The molecule has 0 N–H and O–H groups in total. The van der Waals surface area contributed by atoms with Gasteiger partial charge < -0.3 is 9.64 Å². The Hall–Kier alpha value is -1.32. The minimum atomic E-state index is -0.811. The minimum Gasteiger partial charge on any atom is -0.459 e. The first kappa shape index (κ1) is 13.7. The SMILES string of the molecule is C=CCN(C(=O)C(=O)OCC)C(C)(C)C. The molecule has 0 aliphatic heterocycles. The van der Waals surface area contributed by atoms with Crippen molar-refractivity contribution < 1.29 is 14.3 Å². The molecular formula is C11H19NO3. The van der Waals surface area contributed by atoms with E-state index in [1.807, 2.05) is 20.8 Å². The van der Waals surface area contributed by atoms with Gasteiger partial charge in [-0.1, -0.05) is 6.08 Å². The molecule has 4 nitrogen and oxygen atoms in total. The Morgan fingerprint density at radius 1 is 1.40 bits per heavy atom. The van der Waals surface area contributed by atoms with Crippen molar-refractivity contribution in [3.8, 4) is 0 Å². The molecule has 0 bridgehead atoms. The Labute approximate surface area is 90.9 Å². The van der Waals surface area contributed by atoms with Gasteiger partial charge in [-0.25, -0.2) is 4.79 Å². The average Bonchev–Trinajstić information content (AvgIpc) is 2.11. The van der Waals surface area contributed by atoms with Gasteiger partial charge in [0.2, 0.25) is 0 Å². The molecule has 0 fully saturated rings. The number of hydrogen-bond donors (Lipinski definition) is 0. The van der Waals surface area contributed by atoms with E-state index in [0.717, 1.165) is 0 Å². The molecule has 0 spiro atoms. The van der Waals surface area contributed by atoms with Crippen molar-refractivity contribution in [2.75, 3.05) is 13.2 Å². The highest BCUT2D eigenvalue weighted by Crippen LogP contribution is 2.13. The fraction of sp³-hybridized carbons (Fsp3) is 0.636. The van der Waals surface area contributed by atoms with Crippen LogP contribution in [0.3, 0.4) is 0 Å². The second kappa shape index (κ2) is 5.53. The number of nitrogens with zero attached hydrogens (tertiary/aromatic N) is 1. The van der Waals surface area contributed by atoms with Gasteiger partial charge in [-0.3, -0.25) is 4.79 Å². The monoisotopic (exact) mass is 213 g/mol. The molecule has 0 aliphatic carbocycles. The van der Waals surface area contributed by atoms with Crippen LogP contribution in [0, 0.1) is 0 Å². The van der Waals surface area contributed by atoms with Gasteiger partial charge in [0.1, 0.15) is 0 Å². The lowest BCUT2D eigenvalue weighted by Gasteiger charge is -2.33. The molecule has 0 aromatic carbocycles. The Bertz CT molecular complexity index is 253. The lowest BCUT2D eigenvalue weighted by atomic mass is 10.1. The van der Waals surface area contributed by atoms with E-state index in [4.69, 9.17) is 0 Å². The second-order valence-electron chi connectivity index (χ2n) is 4.10. The van der Waals surface area contributed by atoms with Crippen LogP contribution in [0.5, 0.6) is 0 Å². The molecular weight excluding hydrogens is 194 g/mol. The summed E-state index contributed by atoms with van der Waals surface area (Å²) in [4.78, 5) is 24.4. The largest absolute Gasteiger partial charge is 0.459 e. The van der Waals surface area contributed by atoms with E-state index in [1.165, 1.54) is 4.90 Å². The van der Waals surface area contributed by atoms with E-state index in [9.17, 15) is 9.59 Å². The number of esters is 1. The maximum Gasteiger partial charge on any atom is 0.397 e. The average molecular weight is 213 g/mol. The van der Waals surface area contributed by atoms with Crippen LogP contribution in [0.15, 0.2) is 12.7 Å². The third-order valence-corrected chi connectivity index (χ3v) is 1.82. The molecule has 0 saturated heterocycles. The highest BCUT2D eigenvalue weighted by atomic mass is 16.5. The fourth-order valence-electron chi connectivity index (χ4n) is 1.09. The highest BCUT2D eigenvalue weighted by Gasteiger charge is 2.30. The summed E-state index contributed by atoms with van der Waals surface area (Å²) in [6.45, 7) is 11.3. The smallest absolute Gasteiger partial charge is 0.397 e. The summed E-state index contributed by atoms with van der Waals surface area (Å²) in [5, 5.41) is 0. The Kier molecular flexibility index (Phi) is 5.05. The first-order valence-electron chi connectivity index (χ1n) is 4.94. The second-order valence-corrected chi connectivity index (χ2v) is 4.10. The summed E-state index contributed by atoms with van der Waals surface area (Å²) >= 11 is 0. The normalized spacial score (nSPS) is 10.7. The van der Waals surface area contributed by atoms with E-state index in [0.29, 0.717) is 6.54 Å². The summed E-state index contributed by atoms with van der Waals surface area (Å²) in [6.07, 6.45) is 1.59. The summed E-state index contributed by atoms with van der Waals surface area (Å²) in [5.41, 5.74) is -0.419. The van der Waals surface area contributed by atoms with Crippen LogP contribution >= 0.6 is 0 Å². The van der Waals surface area contributed by atoms with Gasteiger partial charge in [-0.2, -0.15) is 0 Å². The van der Waals surface area contributed by atoms with Crippen molar-refractivity contribution in [2.45, 2.75) is 33.2 Å². The van der Waals surface area contributed by atoms with Crippen LogP contribution in [0.1, 0.15) is 27.7 Å². The van der Waals surface area contributed by atoms with Gasteiger partial charge in [-0.05, 0) is 27.7 Å². The Morgan fingerprint density at radius 2 is 1.93 bits per heavy atom. The first-order valence-corrected chi connectivity index (χ1v) is 4.94. The van der Waals surface area contributed by atoms with Gasteiger partial charge in [0.15, 0.2) is 0 Å². The Morgan fingerprint density at radius 3 is 2.27 bits per heavy atom. The molecule has 15 heavy (non-hydrogen) atoms. The molecule has 0 aliphatic rings. The van der Waals surface area contributed by atoms with Gasteiger partial charge in [0, 0.05) is 12.1 Å². The molecule has 4 heteroatoms. The van der Waals surface area contributed by atoms with Crippen molar-refractivity contribution in [1.29, 1.82) is 0 Å². The van der Waals surface area contributed by atoms with Crippen LogP contribution in [-0.4, -0.2) is 35.5 Å². The quantitative estimate of drug-likeness (QED) is 0.404. The van der Waals surface area contributed by atoms with Crippen LogP contribution in [0.4, 0.5) is 0 Å². The molecule has 1 amide bonds. The topological polar surface area (TPSA) is 46.6 Å². The zero-order valence-corrected chi connectivity index (χ0v) is 9.87. The summed E-state index contributed by atoms with van der Waals surface area (Å²) in [6, 6.07) is 0. The predicted octanol–water partition coefficient (Wildman–Crippen LogP) is 1.36. The van der Waals surface area contributed by atoms with E-state index in [2.05, 4.69) is 11.3 Å². The zero-order valence-electron chi connectivity index (χ0n) is 9.87. The van der Waals surface area contributed by atoms with E-state index >= 15 is 0 Å². The minimum absolute atomic E-state index is 0.205. The standard InChI is InChI=1S/C11H19NO3/c1-6-8-12(11(3,4)5)9(13)10(14)15-7-2/h6H,1,7-8H2,2-5H3. The van der Waals surface area contributed by atoms with Crippen molar-refractivity contribution in [2.24, 2.45) is 0 Å². The maximum atomic E-state index is 11.7. The van der Waals surface area contributed by atoms with Gasteiger partial charge in [-0.15, -0.1) is 6.58 Å². The van der Waals surface area contributed by atoms with Crippen LogP contribution in [0.2, 0.25) is 0 Å². The highest BCUT2D eigenvalue weighted by molar-refractivity contribution is 6.32. The number of carbonyl (C=O) groups excluding carboxylic acids is 2. The maximum absolute atomic E-state index is 11.7. The molecule has 0 rings (SSSR count). The number of amides is 1. The molecule has 0 heterocycles. The van der Waals surface area contributed by atoms with Crippen LogP contribution < -0.4 is 0 Å². The first-order chi connectivity index (χ1) is 6.84. The van der Waals surface area contributed by atoms with E-state index < -0.39 is 17.4 Å². The molecule has 86 valence electrons. The van der Waals surface area contributed by atoms with Crippen molar-refractivity contribution in [3.63, 3.8) is 0 Å². The lowest BCUT2D eigenvalue weighted by Crippen LogP contribution is -2.49. The molecule has 0 radical (unpaired) electrons. The third kappa shape index (κ3) is 4.14. The fourth-order valence-corrected chi connectivity index (χ4v) is 1.09. The van der Waals surface area contributed by atoms with Gasteiger partial charge in [0.05, 0.1) is 6.61 Å². The Balaban J connectivity index is 4.70. The predicted molar refractivity (Wildman–Crippen MR) is 58.3 cm³/mol. The number of carbonyl (C=O) groups is 2. The molecule has 0 aromatic rings. The van der Waals surface area contributed by atoms with Crippen LogP contribution in [0.25, 0.3) is 0 Å². The molecule has 0 aromatic heterocycles.